The molecule has 2 aromatic carbocycles. The Hall–Kier alpha value is -3.36. The first-order valence-corrected chi connectivity index (χ1v) is 15.0. The van der Waals surface area contributed by atoms with Crippen LogP contribution in [0.4, 0.5) is 35.1 Å². The van der Waals surface area contributed by atoms with Crippen molar-refractivity contribution in [2.24, 2.45) is 10.8 Å². The van der Waals surface area contributed by atoms with Crippen LogP contribution in [0.1, 0.15) is 56.6 Å². The van der Waals surface area contributed by atoms with Crippen molar-refractivity contribution in [3.63, 3.8) is 0 Å². The molecule has 1 atom stereocenters. The molecule has 1 aliphatic heterocycles. The second-order valence-corrected chi connectivity index (χ2v) is 14.0. The van der Waals surface area contributed by atoms with E-state index in [1.165, 1.54) is 6.92 Å². The first-order chi connectivity index (χ1) is 20.2. The number of benzene rings is 2. The topological polar surface area (TPSA) is 88.6 Å². The summed E-state index contributed by atoms with van der Waals surface area (Å²) in [6.07, 6.45) is -12.1. The van der Waals surface area contributed by atoms with Gasteiger partial charge >= 0.3 is 18.0 Å². The molecule has 0 aromatic heterocycles. The second-order valence-electron chi connectivity index (χ2n) is 11.8. The Bertz CT molecular complexity index is 1610. The van der Waals surface area contributed by atoms with Gasteiger partial charge < -0.3 is 0 Å². The number of rotatable bonds is 6. The van der Waals surface area contributed by atoms with Crippen LogP contribution in [0.15, 0.2) is 53.4 Å². The summed E-state index contributed by atoms with van der Waals surface area (Å²) in [4.78, 5) is 40.5. The van der Waals surface area contributed by atoms with E-state index in [0.29, 0.717) is 29.9 Å². The number of amides is 2. The molecule has 0 spiro atoms. The Labute approximate surface area is 246 Å². The standard InChI is InChI=1S/C29H25F8NO5S/c1-17(39)24-10-12-25(16-24,13-11-24)22(40)38-15-14-26(23(38)41,44(42,43)21-8-6-20(30)7-9-21)18-2-4-19(5-3-18)27(31,28(32,33)34)29(35,36)37/h2-9H,10-16H2,1H3/t24-,25+,26-/m1/s1. The Balaban J connectivity index is 1.62. The maximum atomic E-state index is 14.7. The molecule has 15 heteroatoms. The Morgan fingerprint density at radius 3 is 1.73 bits per heavy atom. The van der Waals surface area contributed by atoms with Crippen LogP contribution in [0.3, 0.4) is 0 Å². The quantitative estimate of drug-likeness (QED) is 0.215. The number of ketones is 1. The summed E-state index contributed by atoms with van der Waals surface area (Å²) >= 11 is 0. The molecule has 2 saturated carbocycles. The largest absolute Gasteiger partial charge is 0.435 e. The molecule has 1 saturated heterocycles. The van der Waals surface area contributed by atoms with Crippen molar-refractivity contribution in [1.29, 1.82) is 0 Å². The zero-order chi connectivity index (χ0) is 32.7. The van der Waals surface area contributed by atoms with Crippen LogP contribution in [0, 0.1) is 16.6 Å². The molecular formula is C29H25F8NO5S. The van der Waals surface area contributed by atoms with Gasteiger partial charge in [-0.15, -0.1) is 0 Å². The van der Waals surface area contributed by atoms with E-state index in [0.717, 1.165) is 24.3 Å². The van der Waals surface area contributed by atoms with Gasteiger partial charge in [0.2, 0.25) is 5.91 Å². The average molecular weight is 652 g/mol. The minimum atomic E-state index is -6.44. The number of Topliss-reactive ketones (excluding diaryl/α,β-unsaturated/α-hetero) is 1. The van der Waals surface area contributed by atoms with Crippen molar-refractivity contribution in [3.8, 4) is 0 Å². The molecule has 0 radical (unpaired) electrons. The lowest BCUT2D eigenvalue weighted by atomic mass is 9.79. The van der Waals surface area contributed by atoms with Gasteiger partial charge in [-0.1, -0.05) is 24.3 Å². The zero-order valence-electron chi connectivity index (χ0n) is 23.0. The molecular weight excluding hydrogens is 626 g/mol. The normalized spacial score (nSPS) is 27.7. The number of hydrogen-bond donors (Lipinski definition) is 0. The Morgan fingerprint density at radius 1 is 0.773 bits per heavy atom. The predicted molar refractivity (Wildman–Crippen MR) is 137 cm³/mol. The van der Waals surface area contributed by atoms with Gasteiger partial charge in [-0.2, -0.15) is 26.3 Å². The minimum absolute atomic E-state index is 0.101. The number of sulfone groups is 1. The fourth-order valence-electron chi connectivity index (χ4n) is 7.09. The van der Waals surface area contributed by atoms with Crippen molar-refractivity contribution >= 4 is 27.4 Å². The van der Waals surface area contributed by atoms with Gasteiger partial charge in [-0.05, 0) is 75.3 Å². The van der Waals surface area contributed by atoms with E-state index in [2.05, 4.69) is 0 Å². The number of nitrogens with zero attached hydrogens (tertiary/aromatic N) is 1. The molecule has 2 bridgehead atoms. The lowest BCUT2D eigenvalue weighted by Crippen LogP contribution is -2.50. The van der Waals surface area contributed by atoms with Crippen molar-refractivity contribution in [3.05, 3.63) is 65.5 Å². The number of imide groups is 1. The first kappa shape index (κ1) is 32.0. The highest BCUT2D eigenvalue weighted by Gasteiger charge is 2.73. The lowest BCUT2D eigenvalue weighted by molar-refractivity contribution is -0.348. The first-order valence-electron chi connectivity index (χ1n) is 13.5. The van der Waals surface area contributed by atoms with Crippen molar-refractivity contribution < 1.29 is 57.9 Å². The van der Waals surface area contributed by atoms with Gasteiger partial charge in [0.25, 0.3) is 5.91 Å². The average Bonchev–Trinajstić information content (AvgIpc) is 3.64. The summed E-state index contributed by atoms with van der Waals surface area (Å²) in [5.41, 5.74) is -10.2. The summed E-state index contributed by atoms with van der Waals surface area (Å²) < 4.78 is 134. The maximum absolute atomic E-state index is 14.7. The molecule has 2 aliphatic carbocycles. The molecule has 44 heavy (non-hydrogen) atoms. The molecule has 3 aliphatic rings. The highest BCUT2D eigenvalue weighted by Crippen LogP contribution is 2.63. The summed E-state index contributed by atoms with van der Waals surface area (Å²) in [6.45, 7) is 0.924. The van der Waals surface area contributed by atoms with Crippen LogP contribution in [0.2, 0.25) is 0 Å². The van der Waals surface area contributed by atoms with Crippen LogP contribution in [0.5, 0.6) is 0 Å². The third-order valence-corrected chi connectivity index (χ3v) is 12.1. The molecule has 0 unspecified atom stereocenters. The van der Waals surface area contributed by atoms with E-state index < -0.39 is 90.1 Å². The van der Waals surface area contributed by atoms with Crippen molar-refractivity contribution in [1.82, 2.24) is 4.90 Å². The number of alkyl halides is 7. The monoisotopic (exact) mass is 651 g/mol. The van der Waals surface area contributed by atoms with Gasteiger partial charge in [-0.25, -0.2) is 17.2 Å². The second kappa shape index (κ2) is 9.82. The van der Waals surface area contributed by atoms with Gasteiger partial charge in [0.1, 0.15) is 11.6 Å². The molecule has 0 N–H and O–H groups in total. The number of halogens is 8. The highest BCUT2D eigenvalue weighted by atomic mass is 32.2. The zero-order valence-corrected chi connectivity index (χ0v) is 23.8. The number of fused-ring (bicyclic) bond motifs is 2. The number of carbonyl (C=O) groups is 3. The van der Waals surface area contributed by atoms with E-state index in [1.807, 2.05) is 0 Å². The third kappa shape index (κ3) is 4.24. The van der Waals surface area contributed by atoms with Crippen molar-refractivity contribution in [2.45, 2.75) is 73.1 Å². The Morgan fingerprint density at radius 2 is 1.27 bits per heavy atom. The lowest BCUT2D eigenvalue weighted by Gasteiger charge is -2.33. The van der Waals surface area contributed by atoms with Crippen LogP contribution in [-0.4, -0.2) is 49.8 Å². The van der Waals surface area contributed by atoms with E-state index in [-0.39, 0.29) is 37.2 Å². The van der Waals surface area contributed by atoms with E-state index >= 15 is 0 Å². The van der Waals surface area contributed by atoms with E-state index in [1.54, 1.807) is 0 Å². The summed E-state index contributed by atoms with van der Waals surface area (Å²) in [5, 5.41) is 0. The number of hydrogen-bond acceptors (Lipinski definition) is 5. The maximum Gasteiger partial charge on any atom is 0.435 e. The predicted octanol–water partition coefficient (Wildman–Crippen LogP) is 6.08. The van der Waals surface area contributed by atoms with Crippen LogP contribution in [0.25, 0.3) is 0 Å². The van der Waals surface area contributed by atoms with Gasteiger partial charge in [0.05, 0.1) is 10.3 Å². The van der Waals surface area contributed by atoms with Crippen LogP contribution < -0.4 is 0 Å². The number of carbonyl (C=O) groups excluding carboxylic acids is 3. The fraction of sp³-hybridized carbons (Fsp3) is 0.483. The van der Waals surface area contributed by atoms with Crippen molar-refractivity contribution in [2.75, 3.05) is 6.54 Å². The third-order valence-electron chi connectivity index (χ3n) is 9.68. The molecule has 5 rings (SSSR count). The summed E-state index contributed by atoms with van der Waals surface area (Å²) in [6, 6.07) is 4.36. The molecule has 3 fully saturated rings. The van der Waals surface area contributed by atoms with E-state index in [9.17, 15) is 57.9 Å². The molecule has 238 valence electrons. The van der Waals surface area contributed by atoms with Crippen LogP contribution >= 0.6 is 0 Å². The highest BCUT2D eigenvalue weighted by molar-refractivity contribution is 7.93. The minimum Gasteiger partial charge on any atom is -0.299 e. The molecule has 2 aromatic rings. The molecule has 1 heterocycles. The fourth-order valence-corrected chi connectivity index (χ4v) is 9.14. The summed E-state index contributed by atoms with van der Waals surface area (Å²) in [7, 11) is -4.96. The van der Waals surface area contributed by atoms with E-state index in [4.69, 9.17) is 0 Å². The smallest absolute Gasteiger partial charge is 0.299 e. The van der Waals surface area contributed by atoms with Crippen LogP contribution in [-0.2, 0) is 34.6 Å². The SMILES string of the molecule is CC(=O)[C@]12CC[C@](C(=O)N3CC[C@](c4ccc(C(F)(C(F)(F)F)C(F)(F)F)cc4)(S(=O)(=O)c4ccc(F)cc4)C3=O)(CC1)C2. The van der Waals surface area contributed by atoms with Gasteiger partial charge in [-0.3, -0.25) is 19.3 Å². The Kier molecular flexibility index (Phi) is 7.15. The number of likely N-dealkylation sites (tertiary alicyclic amines) is 1. The van der Waals surface area contributed by atoms with Gasteiger partial charge in [0.15, 0.2) is 14.6 Å². The van der Waals surface area contributed by atoms with Gasteiger partial charge in [0, 0.05) is 17.5 Å². The summed E-state index contributed by atoms with van der Waals surface area (Å²) in [5.74, 6) is -2.99. The molecule has 6 nitrogen and oxygen atoms in total. The molecule has 2 amide bonds.